The molecular formula is C25H36N2O4S. The van der Waals surface area contributed by atoms with Gasteiger partial charge in [-0.25, -0.2) is 13.1 Å². The molecule has 0 amide bonds. The van der Waals surface area contributed by atoms with E-state index in [1.807, 2.05) is 12.1 Å². The molecule has 1 aromatic heterocycles. The van der Waals surface area contributed by atoms with Gasteiger partial charge >= 0.3 is 0 Å². The summed E-state index contributed by atoms with van der Waals surface area (Å²) in [6, 6.07) is 7.93. The van der Waals surface area contributed by atoms with Gasteiger partial charge in [0.2, 0.25) is 10.0 Å². The molecule has 3 rings (SSSR count). The van der Waals surface area contributed by atoms with E-state index in [-0.39, 0.29) is 17.0 Å². The number of sulfonamides is 1. The molecule has 7 heteroatoms. The van der Waals surface area contributed by atoms with E-state index in [2.05, 4.69) is 42.6 Å². The third-order valence-corrected chi connectivity index (χ3v) is 7.12. The monoisotopic (exact) mass is 460 g/mol. The van der Waals surface area contributed by atoms with Crippen LogP contribution in [0.4, 0.5) is 0 Å². The Balaban J connectivity index is 1.83. The number of aromatic amines is 1. The second kappa shape index (κ2) is 9.79. The van der Waals surface area contributed by atoms with Crippen LogP contribution in [0.2, 0.25) is 0 Å². The molecule has 1 aliphatic carbocycles. The van der Waals surface area contributed by atoms with E-state index in [4.69, 9.17) is 4.74 Å². The lowest BCUT2D eigenvalue weighted by molar-refractivity contribution is 0.298. The van der Waals surface area contributed by atoms with E-state index < -0.39 is 10.0 Å². The van der Waals surface area contributed by atoms with Crippen molar-refractivity contribution in [3.8, 4) is 16.9 Å². The summed E-state index contributed by atoms with van der Waals surface area (Å²) in [5.74, 6) is 1.46. The molecule has 0 spiro atoms. The molecule has 0 atom stereocenters. The molecule has 176 valence electrons. The molecule has 0 aliphatic heterocycles. The van der Waals surface area contributed by atoms with Crippen molar-refractivity contribution in [1.82, 2.24) is 9.71 Å². The Morgan fingerprint density at radius 1 is 1.16 bits per heavy atom. The van der Waals surface area contributed by atoms with Gasteiger partial charge in [0.15, 0.2) is 0 Å². The maximum atomic E-state index is 12.4. The number of pyridine rings is 1. The number of aryl methyl sites for hydroxylation is 1. The SMILES string of the molecule is COc1c(CCC2CCC(NS(C)(=O)=O)CC2)cc(-c2ccc[nH]c2=O)cc1C(C)(C)C. The van der Waals surface area contributed by atoms with E-state index in [1.165, 1.54) is 6.26 Å². The summed E-state index contributed by atoms with van der Waals surface area (Å²) >= 11 is 0. The zero-order valence-electron chi connectivity index (χ0n) is 19.8. The smallest absolute Gasteiger partial charge is 0.255 e. The number of H-pyrrole nitrogens is 1. The van der Waals surface area contributed by atoms with Crippen molar-refractivity contribution in [1.29, 1.82) is 0 Å². The zero-order valence-corrected chi connectivity index (χ0v) is 20.6. The highest BCUT2D eigenvalue weighted by molar-refractivity contribution is 7.88. The molecule has 0 bridgehead atoms. The number of rotatable bonds is 7. The highest BCUT2D eigenvalue weighted by Crippen LogP contribution is 2.39. The van der Waals surface area contributed by atoms with Crippen LogP contribution in [-0.2, 0) is 21.9 Å². The standard InChI is InChI=1S/C25H36N2O4S/c1-25(2,3)22-16-19(21-7-6-14-26-24(21)28)15-18(23(22)31-4)11-8-17-9-12-20(13-10-17)27-32(5,29)30/h6-7,14-17,20,27H,8-13H2,1-5H3,(H,26,28). The molecule has 6 nitrogen and oxygen atoms in total. The molecule has 2 aromatic rings. The van der Waals surface area contributed by atoms with Gasteiger partial charge in [0.25, 0.3) is 5.56 Å². The minimum atomic E-state index is -3.15. The first-order valence-corrected chi connectivity index (χ1v) is 13.2. The van der Waals surface area contributed by atoms with Crippen molar-refractivity contribution < 1.29 is 13.2 Å². The summed E-state index contributed by atoms with van der Waals surface area (Å²) in [6.07, 6.45) is 8.53. The Hall–Kier alpha value is -2.12. The third kappa shape index (κ3) is 6.23. The van der Waals surface area contributed by atoms with Crippen LogP contribution in [0.25, 0.3) is 11.1 Å². The molecule has 1 fully saturated rings. The Labute approximate surface area is 191 Å². The second-order valence-electron chi connectivity index (χ2n) is 10.0. The summed E-state index contributed by atoms with van der Waals surface area (Å²) < 4.78 is 31.6. The fourth-order valence-corrected chi connectivity index (χ4v) is 5.55. The molecular weight excluding hydrogens is 424 g/mol. The number of methoxy groups -OCH3 is 1. The van der Waals surface area contributed by atoms with Gasteiger partial charge in [0, 0.05) is 23.4 Å². The first-order chi connectivity index (χ1) is 15.0. The summed E-state index contributed by atoms with van der Waals surface area (Å²) in [5, 5.41) is 0. The van der Waals surface area contributed by atoms with Gasteiger partial charge in [0.1, 0.15) is 5.75 Å². The first-order valence-electron chi connectivity index (χ1n) is 11.3. The fourth-order valence-electron chi connectivity index (χ4n) is 4.71. The van der Waals surface area contributed by atoms with E-state index >= 15 is 0 Å². The lowest BCUT2D eigenvalue weighted by Gasteiger charge is -2.29. The Bertz CT molecular complexity index is 1090. The summed E-state index contributed by atoms with van der Waals surface area (Å²) in [4.78, 5) is 15.2. The second-order valence-corrected chi connectivity index (χ2v) is 11.8. The highest BCUT2D eigenvalue weighted by atomic mass is 32.2. The van der Waals surface area contributed by atoms with Crippen LogP contribution in [0.5, 0.6) is 5.75 Å². The minimum Gasteiger partial charge on any atom is -0.496 e. The lowest BCUT2D eigenvalue weighted by Crippen LogP contribution is -2.36. The maximum Gasteiger partial charge on any atom is 0.255 e. The summed E-state index contributed by atoms with van der Waals surface area (Å²) in [5.41, 5.74) is 3.56. The topological polar surface area (TPSA) is 88.3 Å². The molecule has 32 heavy (non-hydrogen) atoms. The number of hydrogen-bond donors (Lipinski definition) is 2. The summed E-state index contributed by atoms with van der Waals surface area (Å²) in [6.45, 7) is 6.47. The van der Waals surface area contributed by atoms with Crippen LogP contribution in [0, 0.1) is 5.92 Å². The first kappa shape index (κ1) is 24.5. The number of ether oxygens (including phenoxy) is 1. The molecule has 0 unspecified atom stereocenters. The van der Waals surface area contributed by atoms with E-state index in [9.17, 15) is 13.2 Å². The average Bonchev–Trinajstić information content (AvgIpc) is 2.71. The fraction of sp³-hybridized carbons (Fsp3) is 0.560. The molecule has 1 aromatic carbocycles. The number of benzene rings is 1. The van der Waals surface area contributed by atoms with Crippen molar-refractivity contribution in [2.75, 3.05) is 13.4 Å². The largest absolute Gasteiger partial charge is 0.496 e. The van der Waals surface area contributed by atoms with Crippen LogP contribution in [0.3, 0.4) is 0 Å². The van der Waals surface area contributed by atoms with Crippen molar-refractivity contribution >= 4 is 10.0 Å². The third-order valence-electron chi connectivity index (χ3n) is 6.36. The van der Waals surface area contributed by atoms with Crippen molar-refractivity contribution in [2.24, 2.45) is 5.92 Å². The van der Waals surface area contributed by atoms with Gasteiger partial charge in [0.05, 0.1) is 13.4 Å². The molecule has 1 heterocycles. The molecule has 0 radical (unpaired) electrons. The van der Waals surface area contributed by atoms with Crippen molar-refractivity contribution in [3.05, 3.63) is 51.9 Å². The predicted molar refractivity (Wildman–Crippen MR) is 130 cm³/mol. The predicted octanol–water partition coefficient (Wildman–Crippen LogP) is 4.39. The van der Waals surface area contributed by atoms with E-state index in [0.717, 1.165) is 61.0 Å². The van der Waals surface area contributed by atoms with Gasteiger partial charge < -0.3 is 9.72 Å². The van der Waals surface area contributed by atoms with Crippen LogP contribution in [0.15, 0.2) is 35.3 Å². The zero-order chi connectivity index (χ0) is 23.5. The van der Waals surface area contributed by atoms with Crippen LogP contribution < -0.4 is 15.0 Å². The Morgan fingerprint density at radius 2 is 1.84 bits per heavy atom. The van der Waals surface area contributed by atoms with Gasteiger partial charge in [-0.3, -0.25) is 4.79 Å². The van der Waals surface area contributed by atoms with Gasteiger partial charge in [-0.15, -0.1) is 0 Å². The normalized spacial score (nSPS) is 19.7. The lowest BCUT2D eigenvalue weighted by atomic mass is 9.80. The van der Waals surface area contributed by atoms with E-state index in [1.54, 1.807) is 13.3 Å². The summed E-state index contributed by atoms with van der Waals surface area (Å²) in [7, 11) is -1.44. The molecule has 0 saturated heterocycles. The number of hydrogen-bond acceptors (Lipinski definition) is 4. The van der Waals surface area contributed by atoms with Gasteiger partial charge in [-0.2, -0.15) is 0 Å². The number of aromatic nitrogens is 1. The van der Waals surface area contributed by atoms with Crippen LogP contribution in [0.1, 0.15) is 64.0 Å². The molecule has 1 aliphatic rings. The van der Waals surface area contributed by atoms with Crippen molar-refractivity contribution in [3.63, 3.8) is 0 Å². The quantitative estimate of drug-likeness (QED) is 0.641. The van der Waals surface area contributed by atoms with Crippen LogP contribution >= 0.6 is 0 Å². The minimum absolute atomic E-state index is 0.0522. The number of nitrogens with one attached hydrogen (secondary N) is 2. The highest BCUT2D eigenvalue weighted by Gasteiger charge is 2.26. The van der Waals surface area contributed by atoms with Crippen molar-refractivity contribution in [2.45, 2.75) is 70.8 Å². The molecule has 2 N–H and O–H groups in total. The maximum absolute atomic E-state index is 12.4. The average molecular weight is 461 g/mol. The molecule has 1 saturated carbocycles. The van der Waals surface area contributed by atoms with Gasteiger partial charge in [-0.1, -0.05) is 20.8 Å². The van der Waals surface area contributed by atoms with Gasteiger partial charge in [-0.05, 0) is 85.3 Å². The Morgan fingerprint density at radius 3 is 2.41 bits per heavy atom. The Kier molecular flexibility index (Phi) is 7.50. The van der Waals surface area contributed by atoms with E-state index in [0.29, 0.717) is 11.5 Å². The van der Waals surface area contributed by atoms with Crippen LogP contribution in [-0.4, -0.2) is 32.8 Å².